The molecule has 2 aliphatic rings. The van der Waals surface area contributed by atoms with E-state index in [4.69, 9.17) is 0 Å². The van der Waals surface area contributed by atoms with Crippen LogP contribution in [0.3, 0.4) is 0 Å². The van der Waals surface area contributed by atoms with Crippen LogP contribution in [0.4, 0.5) is 0 Å². The molecule has 0 radical (unpaired) electrons. The van der Waals surface area contributed by atoms with Crippen molar-refractivity contribution in [2.45, 2.75) is 43.9 Å². The van der Waals surface area contributed by atoms with Gasteiger partial charge in [-0.3, -0.25) is 4.79 Å². The van der Waals surface area contributed by atoms with Gasteiger partial charge in [0, 0.05) is 18.3 Å². The SMILES string of the molecule is CC[C@]12CC(=O)C[C@H](C1)c1ccccc12. The van der Waals surface area contributed by atoms with Crippen molar-refractivity contribution in [1.29, 1.82) is 0 Å². The molecule has 0 unspecified atom stereocenters. The molecule has 1 heteroatoms. The van der Waals surface area contributed by atoms with Crippen molar-refractivity contribution in [3.05, 3.63) is 35.4 Å². The Morgan fingerprint density at radius 3 is 3.00 bits per heavy atom. The van der Waals surface area contributed by atoms with Crippen molar-refractivity contribution in [3.63, 3.8) is 0 Å². The zero-order valence-corrected chi connectivity index (χ0v) is 9.12. The number of Topliss-reactive ketones (excluding diaryl/α,β-unsaturated/α-hetero) is 1. The minimum absolute atomic E-state index is 0.191. The van der Waals surface area contributed by atoms with Crippen LogP contribution in [0.2, 0.25) is 0 Å². The highest BCUT2D eigenvalue weighted by atomic mass is 16.1. The second kappa shape index (κ2) is 2.94. The predicted molar refractivity (Wildman–Crippen MR) is 60.0 cm³/mol. The third kappa shape index (κ3) is 1.12. The van der Waals surface area contributed by atoms with Gasteiger partial charge in [-0.05, 0) is 29.9 Å². The molecule has 1 aromatic carbocycles. The van der Waals surface area contributed by atoms with Crippen molar-refractivity contribution in [3.8, 4) is 0 Å². The number of hydrogen-bond acceptors (Lipinski definition) is 1. The first-order chi connectivity index (χ1) is 7.25. The Morgan fingerprint density at radius 1 is 1.40 bits per heavy atom. The fourth-order valence-corrected chi connectivity index (χ4v) is 3.56. The molecule has 0 aromatic heterocycles. The van der Waals surface area contributed by atoms with E-state index in [0.29, 0.717) is 11.7 Å². The lowest BCUT2D eigenvalue weighted by Crippen LogP contribution is -2.29. The van der Waals surface area contributed by atoms with Gasteiger partial charge in [-0.2, -0.15) is 0 Å². The van der Waals surface area contributed by atoms with Crippen LogP contribution in [0.1, 0.15) is 49.7 Å². The summed E-state index contributed by atoms with van der Waals surface area (Å²) in [5.74, 6) is 0.978. The molecule has 78 valence electrons. The van der Waals surface area contributed by atoms with Crippen molar-refractivity contribution in [2.75, 3.05) is 0 Å². The monoisotopic (exact) mass is 200 g/mol. The molecule has 0 amide bonds. The Kier molecular flexibility index (Phi) is 1.79. The molecule has 2 atom stereocenters. The molecule has 15 heavy (non-hydrogen) atoms. The summed E-state index contributed by atoms with van der Waals surface area (Å²) in [4.78, 5) is 11.8. The zero-order chi connectivity index (χ0) is 10.5. The van der Waals surface area contributed by atoms with Gasteiger partial charge in [-0.1, -0.05) is 31.2 Å². The standard InChI is InChI=1S/C14H16O/c1-2-14-8-10(7-11(15)9-14)12-5-3-4-6-13(12)14/h3-6,10H,2,7-9H2,1H3/t10-,14-/m1/s1. The fourth-order valence-electron chi connectivity index (χ4n) is 3.56. The molecule has 0 N–H and O–H groups in total. The van der Waals surface area contributed by atoms with Crippen LogP contribution in [-0.4, -0.2) is 5.78 Å². The second-order valence-corrected chi connectivity index (χ2v) is 5.04. The molecular weight excluding hydrogens is 184 g/mol. The number of carbonyl (C=O) groups is 1. The molecule has 0 heterocycles. The molecule has 1 saturated carbocycles. The van der Waals surface area contributed by atoms with E-state index in [1.165, 1.54) is 17.5 Å². The van der Waals surface area contributed by atoms with Gasteiger partial charge in [0.15, 0.2) is 0 Å². The van der Waals surface area contributed by atoms with Crippen molar-refractivity contribution >= 4 is 5.78 Å². The summed E-state index contributed by atoms with van der Waals surface area (Å²) in [6.07, 6.45) is 3.86. The number of ketones is 1. The molecule has 3 rings (SSSR count). The zero-order valence-electron chi connectivity index (χ0n) is 9.12. The maximum atomic E-state index is 11.8. The van der Waals surface area contributed by atoms with Crippen LogP contribution in [0.5, 0.6) is 0 Å². The Bertz CT molecular complexity index is 421. The molecular formula is C14H16O. The number of fused-ring (bicyclic) bond motifs is 5. The normalized spacial score (nSPS) is 32.9. The molecule has 2 aliphatic carbocycles. The summed E-state index contributed by atoms with van der Waals surface area (Å²) >= 11 is 0. The van der Waals surface area contributed by atoms with E-state index in [1.807, 2.05) is 0 Å². The second-order valence-electron chi connectivity index (χ2n) is 5.04. The Hall–Kier alpha value is -1.11. The number of rotatable bonds is 1. The van der Waals surface area contributed by atoms with E-state index in [2.05, 4.69) is 31.2 Å². The lowest BCUT2D eigenvalue weighted by molar-refractivity contribution is -0.122. The highest BCUT2D eigenvalue weighted by Crippen LogP contribution is 2.54. The smallest absolute Gasteiger partial charge is 0.134 e. The molecule has 1 nitrogen and oxygen atoms in total. The molecule has 2 bridgehead atoms. The molecule has 0 saturated heterocycles. The quantitative estimate of drug-likeness (QED) is 0.680. The van der Waals surface area contributed by atoms with Crippen LogP contribution in [-0.2, 0) is 10.2 Å². The Labute approximate surface area is 90.5 Å². The van der Waals surface area contributed by atoms with Gasteiger partial charge in [0.05, 0.1) is 0 Å². The van der Waals surface area contributed by atoms with Gasteiger partial charge in [0.1, 0.15) is 5.78 Å². The summed E-state index contributed by atoms with van der Waals surface area (Å²) in [6.45, 7) is 2.22. The average Bonchev–Trinajstić information content (AvgIpc) is 2.50. The summed E-state index contributed by atoms with van der Waals surface area (Å²) < 4.78 is 0. The van der Waals surface area contributed by atoms with Gasteiger partial charge >= 0.3 is 0 Å². The molecule has 0 spiro atoms. The van der Waals surface area contributed by atoms with Gasteiger partial charge in [-0.25, -0.2) is 0 Å². The highest BCUT2D eigenvalue weighted by molar-refractivity contribution is 5.83. The van der Waals surface area contributed by atoms with Crippen LogP contribution >= 0.6 is 0 Å². The van der Waals surface area contributed by atoms with Crippen LogP contribution in [0, 0.1) is 0 Å². The summed E-state index contributed by atoms with van der Waals surface area (Å²) in [7, 11) is 0. The third-order valence-corrected chi connectivity index (χ3v) is 4.30. The van der Waals surface area contributed by atoms with Crippen LogP contribution in [0.25, 0.3) is 0 Å². The number of benzene rings is 1. The molecule has 1 aromatic rings. The van der Waals surface area contributed by atoms with E-state index in [0.717, 1.165) is 19.3 Å². The lowest BCUT2D eigenvalue weighted by atomic mass is 9.71. The topological polar surface area (TPSA) is 17.1 Å². The summed E-state index contributed by atoms with van der Waals surface area (Å²) in [5.41, 5.74) is 3.10. The maximum Gasteiger partial charge on any atom is 0.134 e. The van der Waals surface area contributed by atoms with E-state index >= 15 is 0 Å². The number of carbonyl (C=O) groups excluding carboxylic acids is 1. The van der Waals surface area contributed by atoms with Crippen LogP contribution < -0.4 is 0 Å². The lowest BCUT2D eigenvalue weighted by Gasteiger charge is -2.32. The molecule has 0 aliphatic heterocycles. The first kappa shape index (κ1) is 9.14. The first-order valence-corrected chi connectivity index (χ1v) is 5.86. The van der Waals surface area contributed by atoms with E-state index in [9.17, 15) is 4.79 Å². The van der Waals surface area contributed by atoms with E-state index in [-0.39, 0.29) is 5.41 Å². The fraction of sp³-hybridized carbons (Fsp3) is 0.500. The van der Waals surface area contributed by atoms with E-state index < -0.39 is 0 Å². The summed E-state index contributed by atoms with van der Waals surface area (Å²) in [6, 6.07) is 8.67. The largest absolute Gasteiger partial charge is 0.300 e. The van der Waals surface area contributed by atoms with Gasteiger partial charge in [0.2, 0.25) is 0 Å². The Balaban J connectivity index is 2.19. The van der Waals surface area contributed by atoms with Crippen molar-refractivity contribution < 1.29 is 4.79 Å². The van der Waals surface area contributed by atoms with Gasteiger partial charge < -0.3 is 0 Å². The first-order valence-electron chi connectivity index (χ1n) is 5.86. The predicted octanol–water partition coefficient (Wildman–Crippen LogP) is 3.18. The number of hydrogen-bond donors (Lipinski definition) is 0. The highest BCUT2D eigenvalue weighted by Gasteiger charge is 2.47. The minimum atomic E-state index is 0.191. The minimum Gasteiger partial charge on any atom is -0.300 e. The van der Waals surface area contributed by atoms with E-state index in [1.54, 1.807) is 0 Å². The van der Waals surface area contributed by atoms with Crippen molar-refractivity contribution in [2.24, 2.45) is 0 Å². The summed E-state index contributed by atoms with van der Waals surface area (Å²) in [5, 5.41) is 0. The van der Waals surface area contributed by atoms with Gasteiger partial charge in [0.25, 0.3) is 0 Å². The van der Waals surface area contributed by atoms with Crippen molar-refractivity contribution in [1.82, 2.24) is 0 Å². The average molecular weight is 200 g/mol. The Morgan fingerprint density at radius 2 is 2.20 bits per heavy atom. The van der Waals surface area contributed by atoms with Gasteiger partial charge in [-0.15, -0.1) is 0 Å². The third-order valence-electron chi connectivity index (χ3n) is 4.30. The van der Waals surface area contributed by atoms with Crippen LogP contribution in [0.15, 0.2) is 24.3 Å². The molecule has 1 fully saturated rings. The maximum absolute atomic E-state index is 11.8.